The Morgan fingerprint density at radius 2 is 2.12 bits per heavy atom. The van der Waals surface area contributed by atoms with Crippen LogP contribution >= 0.6 is 7.60 Å². The average Bonchev–Trinajstić information content (AvgIpc) is 1.62. The summed E-state index contributed by atoms with van der Waals surface area (Å²) in [6.07, 6.45) is 0.282. The lowest BCUT2D eigenvalue weighted by atomic mass is 10.4. The van der Waals surface area contributed by atoms with E-state index in [1.54, 1.807) is 0 Å². The van der Waals surface area contributed by atoms with Crippen LogP contribution in [0.3, 0.4) is 0 Å². The van der Waals surface area contributed by atoms with E-state index in [9.17, 15) is 4.57 Å². The highest BCUT2D eigenvalue weighted by atomic mass is 31.2. The Labute approximate surface area is 48.9 Å². The van der Waals surface area contributed by atoms with Gasteiger partial charge in [-0.1, -0.05) is 13.8 Å². The SMILES string of the molecule is [CH2]CC(C)P(=O)(O)O. The fraction of sp³-hybridized carbons (Fsp3) is 0.750. The Bertz CT molecular complexity index is 106. The third-order valence-corrected chi connectivity index (χ3v) is 2.40. The Hall–Kier alpha value is 0.150. The van der Waals surface area contributed by atoms with Crippen molar-refractivity contribution in [2.75, 3.05) is 0 Å². The maximum absolute atomic E-state index is 10.2. The summed E-state index contributed by atoms with van der Waals surface area (Å²) in [6.45, 7) is 4.84. The zero-order chi connectivity index (χ0) is 6.78. The van der Waals surface area contributed by atoms with E-state index in [4.69, 9.17) is 9.79 Å². The first-order valence-electron chi connectivity index (χ1n) is 2.33. The lowest BCUT2D eigenvalue weighted by molar-refractivity contribution is 0.360. The summed E-state index contributed by atoms with van der Waals surface area (Å²) in [6, 6.07) is 0. The van der Waals surface area contributed by atoms with Crippen molar-refractivity contribution in [2.24, 2.45) is 0 Å². The van der Waals surface area contributed by atoms with Gasteiger partial charge in [-0.15, -0.1) is 0 Å². The van der Waals surface area contributed by atoms with E-state index < -0.39 is 13.3 Å². The molecule has 0 aromatic carbocycles. The van der Waals surface area contributed by atoms with E-state index >= 15 is 0 Å². The van der Waals surface area contributed by atoms with Crippen LogP contribution in [0.25, 0.3) is 0 Å². The van der Waals surface area contributed by atoms with Crippen molar-refractivity contribution < 1.29 is 14.4 Å². The topological polar surface area (TPSA) is 57.5 Å². The predicted molar refractivity (Wildman–Crippen MR) is 31.5 cm³/mol. The smallest absolute Gasteiger partial charge is 0.324 e. The minimum atomic E-state index is -3.82. The second-order valence-corrected chi connectivity index (χ2v) is 3.79. The molecular weight excluding hydrogens is 127 g/mol. The van der Waals surface area contributed by atoms with Gasteiger partial charge in [0.05, 0.1) is 5.66 Å². The fourth-order valence-corrected chi connectivity index (χ4v) is 0.505. The van der Waals surface area contributed by atoms with Gasteiger partial charge in [-0.2, -0.15) is 0 Å². The van der Waals surface area contributed by atoms with E-state index in [1.165, 1.54) is 6.92 Å². The molecule has 0 bridgehead atoms. The highest BCUT2D eigenvalue weighted by Gasteiger charge is 2.20. The maximum Gasteiger partial charge on any atom is 0.328 e. The third-order valence-electron chi connectivity index (χ3n) is 0.992. The molecule has 0 saturated heterocycles. The van der Waals surface area contributed by atoms with Crippen molar-refractivity contribution in [3.63, 3.8) is 0 Å². The van der Waals surface area contributed by atoms with Crippen LogP contribution in [0.1, 0.15) is 13.3 Å². The Balaban J connectivity index is 3.82. The molecule has 0 saturated carbocycles. The van der Waals surface area contributed by atoms with Crippen LogP contribution in [-0.4, -0.2) is 15.4 Å². The fourth-order valence-electron chi connectivity index (χ4n) is 0.168. The molecule has 0 aliphatic rings. The van der Waals surface area contributed by atoms with Gasteiger partial charge in [0.25, 0.3) is 0 Å². The molecule has 0 aliphatic carbocycles. The van der Waals surface area contributed by atoms with E-state index in [0.29, 0.717) is 0 Å². The molecule has 0 aromatic rings. The Morgan fingerprint density at radius 3 is 2.12 bits per heavy atom. The van der Waals surface area contributed by atoms with Gasteiger partial charge in [0, 0.05) is 0 Å². The van der Waals surface area contributed by atoms with Crippen molar-refractivity contribution in [3.05, 3.63) is 6.92 Å². The van der Waals surface area contributed by atoms with Gasteiger partial charge in [-0.3, -0.25) is 4.57 Å². The third kappa shape index (κ3) is 2.46. The van der Waals surface area contributed by atoms with E-state index in [0.717, 1.165) is 0 Å². The molecule has 0 heterocycles. The van der Waals surface area contributed by atoms with E-state index in [-0.39, 0.29) is 6.42 Å². The van der Waals surface area contributed by atoms with Crippen LogP contribution in [0.5, 0.6) is 0 Å². The van der Waals surface area contributed by atoms with Crippen molar-refractivity contribution >= 4 is 7.60 Å². The molecule has 0 amide bonds. The molecule has 0 fully saturated rings. The van der Waals surface area contributed by atoms with E-state index in [2.05, 4.69) is 6.92 Å². The standard InChI is InChI=1S/C4H10O3P/c1-3-4(2)8(5,6)7/h4H,1,3H2,2H3,(H2,5,6,7). The monoisotopic (exact) mass is 137 g/mol. The van der Waals surface area contributed by atoms with Crippen LogP contribution in [-0.2, 0) is 4.57 Å². The molecular formula is C4H10O3P. The molecule has 1 unspecified atom stereocenters. The van der Waals surface area contributed by atoms with Gasteiger partial charge >= 0.3 is 7.60 Å². The Kier molecular flexibility index (Phi) is 2.67. The van der Waals surface area contributed by atoms with Gasteiger partial charge in [-0.25, -0.2) is 0 Å². The summed E-state index contributed by atoms with van der Waals surface area (Å²) < 4.78 is 10.2. The van der Waals surface area contributed by atoms with Gasteiger partial charge in [0.15, 0.2) is 0 Å². The lowest BCUT2D eigenvalue weighted by Gasteiger charge is -2.08. The quantitative estimate of drug-likeness (QED) is 0.553. The highest BCUT2D eigenvalue weighted by Crippen LogP contribution is 2.41. The molecule has 0 spiro atoms. The Morgan fingerprint density at radius 1 is 1.75 bits per heavy atom. The van der Waals surface area contributed by atoms with Crippen LogP contribution in [0.4, 0.5) is 0 Å². The molecule has 49 valence electrons. The minimum Gasteiger partial charge on any atom is -0.324 e. The first kappa shape index (κ1) is 8.15. The summed E-state index contributed by atoms with van der Waals surface area (Å²) in [4.78, 5) is 16.7. The minimum absolute atomic E-state index is 0.282. The first-order chi connectivity index (χ1) is 3.48. The van der Waals surface area contributed by atoms with Gasteiger partial charge in [0.2, 0.25) is 0 Å². The molecule has 1 radical (unpaired) electrons. The van der Waals surface area contributed by atoms with Gasteiger partial charge < -0.3 is 9.79 Å². The molecule has 3 nitrogen and oxygen atoms in total. The van der Waals surface area contributed by atoms with Gasteiger partial charge in [-0.05, 0) is 6.42 Å². The van der Waals surface area contributed by atoms with Crippen LogP contribution in [0, 0.1) is 6.92 Å². The molecule has 0 aromatic heterocycles. The molecule has 4 heteroatoms. The molecule has 8 heavy (non-hydrogen) atoms. The largest absolute Gasteiger partial charge is 0.328 e. The zero-order valence-electron chi connectivity index (χ0n) is 4.74. The average molecular weight is 137 g/mol. The number of hydrogen-bond acceptors (Lipinski definition) is 1. The molecule has 0 aliphatic heterocycles. The van der Waals surface area contributed by atoms with Crippen molar-refractivity contribution in [1.29, 1.82) is 0 Å². The summed E-state index contributed by atoms with van der Waals surface area (Å²) >= 11 is 0. The van der Waals surface area contributed by atoms with Crippen LogP contribution in [0.15, 0.2) is 0 Å². The summed E-state index contributed by atoms with van der Waals surface area (Å²) in [5.41, 5.74) is -0.595. The van der Waals surface area contributed by atoms with Crippen molar-refractivity contribution in [2.45, 2.75) is 19.0 Å². The van der Waals surface area contributed by atoms with Crippen molar-refractivity contribution in [1.82, 2.24) is 0 Å². The maximum atomic E-state index is 10.2. The molecule has 1 atom stereocenters. The van der Waals surface area contributed by atoms with Crippen LogP contribution < -0.4 is 0 Å². The number of hydrogen-bond donors (Lipinski definition) is 2. The number of rotatable bonds is 2. The van der Waals surface area contributed by atoms with E-state index in [1.807, 2.05) is 0 Å². The predicted octanol–water partition coefficient (Wildman–Crippen LogP) is 0.777. The van der Waals surface area contributed by atoms with Gasteiger partial charge in [0.1, 0.15) is 0 Å². The van der Waals surface area contributed by atoms with Crippen molar-refractivity contribution in [3.8, 4) is 0 Å². The second-order valence-electron chi connectivity index (χ2n) is 1.73. The summed E-state index contributed by atoms with van der Waals surface area (Å²) in [7, 11) is -3.82. The zero-order valence-corrected chi connectivity index (χ0v) is 5.64. The van der Waals surface area contributed by atoms with Crippen LogP contribution in [0.2, 0.25) is 0 Å². The normalized spacial score (nSPS) is 16.0. The highest BCUT2D eigenvalue weighted by molar-refractivity contribution is 7.52. The first-order valence-corrected chi connectivity index (χ1v) is 4.01. The summed E-state index contributed by atoms with van der Waals surface area (Å²) in [5.74, 6) is 0. The summed E-state index contributed by atoms with van der Waals surface area (Å²) in [5, 5.41) is 0. The lowest BCUT2D eigenvalue weighted by Crippen LogP contribution is -1.99. The second kappa shape index (κ2) is 2.62. The molecule has 0 rings (SSSR count). The molecule has 2 N–H and O–H groups in total.